The minimum atomic E-state index is -4.03. The van der Waals surface area contributed by atoms with Crippen molar-refractivity contribution in [2.75, 3.05) is 18.4 Å². The van der Waals surface area contributed by atoms with Gasteiger partial charge in [-0.15, -0.1) is 0 Å². The van der Waals surface area contributed by atoms with Crippen molar-refractivity contribution in [1.82, 2.24) is 4.31 Å². The summed E-state index contributed by atoms with van der Waals surface area (Å²) in [5, 5.41) is 2.14. The van der Waals surface area contributed by atoms with E-state index in [1.807, 2.05) is 30.3 Å². The lowest BCUT2D eigenvalue weighted by atomic mass is 10.1. The third kappa shape index (κ3) is 5.96. The molecular weight excluding hydrogens is 490 g/mol. The van der Waals surface area contributed by atoms with Gasteiger partial charge in [-0.25, -0.2) is 17.2 Å². The molecule has 0 spiro atoms. The van der Waals surface area contributed by atoms with Crippen molar-refractivity contribution >= 4 is 37.5 Å². The average Bonchev–Trinajstić information content (AvgIpc) is 2.75. The molecule has 162 valence electrons. The summed E-state index contributed by atoms with van der Waals surface area (Å²) in [6.45, 7) is -0.589. The Morgan fingerprint density at radius 2 is 1.52 bits per heavy atom. The van der Waals surface area contributed by atoms with Crippen LogP contribution in [0.5, 0.6) is 0 Å². The van der Waals surface area contributed by atoms with Crippen LogP contribution >= 0.6 is 15.9 Å². The highest BCUT2D eigenvalue weighted by Gasteiger charge is 2.27. The molecule has 31 heavy (non-hydrogen) atoms. The highest BCUT2D eigenvalue weighted by Crippen LogP contribution is 2.21. The van der Waals surface area contributed by atoms with E-state index >= 15 is 0 Å². The van der Waals surface area contributed by atoms with Crippen LogP contribution in [0.2, 0.25) is 0 Å². The number of sulfonamides is 1. The van der Waals surface area contributed by atoms with Crippen LogP contribution in [-0.2, 0) is 21.2 Å². The Bertz CT molecular complexity index is 1140. The van der Waals surface area contributed by atoms with Crippen molar-refractivity contribution in [3.63, 3.8) is 0 Å². The molecule has 0 radical (unpaired) electrons. The lowest BCUT2D eigenvalue weighted by Gasteiger charge is -2.22. The Kier molecular flexibility index (Phi) is 7.53. The van der Waals surface area contributed by atoms with Gasteiger partial charge in [0, 0.05) is 11.0 Å². The maximum Gasteiger partial charge on any atom is 0.243 e. The summed E-state index contributed by atoms with van der Waals surface area (Å²) >= 11 is 3.26. The Morgan fingerprint density at radius 3 is 2.13 bits per heavy atom. The monoisotopic (exact) mass is 508 g/mol. The molecule has 3 aromatic carbocycles. The Labute approximate surface area is 187 Å². The van der Waals surface area contributed by atoms with Gasteiger partial charge >= 0.3 is 0 Å². The summed E-state index contributed by atoms with van der Waals surface area (Å²) in [6, 6.07) is 18.4. The lowest BCUT2D eigenvalue weighted by Crippen LogP contribution is -2.39. The van der Waals surface area contributed by atoms with Gasteiger partial charge in [-0.3, -0.25) is 4.79 Å². The zero-order valence-corrected chi connectivity index (χ0v) is 18.7. The lowest BCUT2D eigenvalue weighted by molar-refractivity contribution is -0.116. The summed E-state index contributed by atoms with van der Waals surface area (Å²) in [7, 11) is -4.03. The zero-order valence-electron chi connectivity index (χ0n) is 16.3. The second-order valence-electron chi connectivity index (χ2n) is 6.67. The van der Waals surface area contributed by atoms with Crippen LogP contribution in [0, 0.1) is 11.6 Å². The number of hydrogen-bond donors (Lipinski definition) is 1. The largest absolute Gasteiger partial charge is 0.320 e. The van der Waals surface area contributed by atoms with Gasteiger partial charge in [-0.2, -0.15) is 4.31 Å². The van der Waals surface area contributed by atoms with Gasteiger partial charge in [0.25, 0.3) is 0 Å². The first-order valence-corrected chi connectivity index (χ1v) is 11.5. The van der Waals surface area contributed by atoms with E-state index in [2.05, 4.69) is 21.2 Å². The Morgan fingerprint density at radius 1 is 0.903 bits per heavy atom. The van der Waals surface area contributed by atoms with E-state index in [1.54, 1.807) is 12.1 Å². The molecule has 3 rings (SSSR count). The number of rotatable bonds is 8. The summed E-state index contributed by atoms with van der Waals surface area (Å²) < 4.78 is 55.8. The van der Waals surface area contributed by atoms with E-state index in [-0.39, 0.29) is 11.4 Å². The molecule has 0 aliphatic rings. The summed E-state index contributed by atoms with van der Waals surface area (Å²) in [5.41, 5.74) is 0.274. The standard InChI is InChI=1S/C22H19BrF2N2O3S/c23-17-9-11-18(12-10-17)31(29,30)27(14-13-16-5-2-1-3-6-16)15-21(28)26-22-19(24)7-4-8-20(22)25/h1-12H,13-15H2,(H,26,28). The van der Waals surface area contributed by atoms with E-state index in [0.29, 0.717) is 10.9 Å². The highest BCUT2D eigenvalue weighted by atomic mass is 79.9. The minimum Gasteiger partial charge on any atom is -0.320 e. The molecule has 0 saturated heterocycles. The maximum absolute atomic E-state index is 13.9. The molecular formula is C22H19BrF2N2O3S. The van der Waals surface area contributed by atoms with Crippen molar-refractivity contribution in [2.24, 2.45) is 0 Å². The molecule has 0 bridgehead atoms. The fourth-order valence-electron chi connectivity index (χ4n) is 2.89. The zero-order chi connectivity index (χ0) is 22.4. The number of para-hydroxylation sites is 1. The molecule has 0 atom stereocenters. The minimum absolute atomic E-state index is 0.00799. The number of anilines is 1. The first kappa shape index (κ1) is 23.1. The second kappa shape index (κ2) is 10.1. The van der Waals surface area contributed by atoms with Crippen LogP contribution < -0.4 is 5.32 Å². The SMILES string of the molecule is O=C(CN(CCc1ccccc1)S(=O)(=O)c1ccc(Br)cc1)Nc1c(F)cccc1F. The number of amides is 1. The second-order valence-corrected chi connectivity index (χ2v) is 9.53. The first-order valence-electron chi connectivity index (χ1n) is 9.31. The van der Waals surface area contributed by atoms with Crippen molar-refractivity contribution in [1.29, 1.82) is 0 Å². The number of carbonyl (C=O) groups is 1. The average molecular weight is 509 g/mol. The van der Waals surface area contributed by atoms with Crippen molar-refractivity contribution in [3.05, 3.63) is 94.5 Å². The van der Waals surface area contributed by atoms with E-state index < -0.39 is 39.8 Å². The summed E-state index contributed by atoms with van der Waals surface area (Å²) in [5.74, 6) is -2.74. The highest BCUT2D eigenvalue weighted by molar-refractivity contribution is 9.10. The summed E-state index contributed by atoms with van der Waals surface area (Å²) in [6.07, 6.45) is 0.359. The molecule has 0 aliphatic carbocycles. The summed E-state index contributed by atoms with van der Waals surface area (Å²) in [4.78, 5) is 12.5. The molecule has 1 amide bonds. The number of nitrogens with one attached hydrogen (secondary N) is 1. The number of benzene rings is 3. The Balaban J connectivity index is 1.84. The van der Waals surface area contributed by atoms with Gasteiger partial charge in [-0.1, -0.05) is 52.3 Å². The molecule has 1 N–H and O–H groups in total. The van der Waals surface area contributed by atoms with Gasteiger partial charge in [-0.05, 0) is 48.4 Å². The van der Waals surface area contributed by atoms with Crippen LogP contribution in [0.4, 0.5) is 14.5 Å². The van der Waals surface area contributed by atoms with Crippen LogP contribution in [0.1, 0.15) is 5.56 Å². The Hall–Kier alpha value is -2.62. The fourth-order valence-corrected chi connectivity index (χ4v) is 4.56. The van der Waals surface area contributed by atoms with E-state index in [4.69, 9.17) is 0 Å². The predicted molar refractivity (Wildman–Crippen MR) is 118 cm³/mol. The van der Waals surface area contributed by atoms with E-state index in [1.165, 1.54) is 18.2 Å². The molecule has 5 nitrogen and oxygen atoms in total. The van der Waals surface area contributed by atoms with Gasteiger partial charge < -0.3 is 5.32 Å². The molecule has 0 aliphatic heterocycles. The third-order valence-electron chi connectivity index (χ3n) is 4.49. The third-order valence-corrected chi connectivity index (χ3v) is 6.88. The molecule has 0 heterocycles. The number of halogens is 3. The molecule has 0 fully saturated rings. The maximum atomic E-state index is 13.9. The molecule has 0 saturated carbocycles. The van der Waals surface area contributed by atoms with Crippen LogP contribution in [0.3, 0.4) is 0 Å². The van der Waals surface area contributed by atoms with Crippen molar-refractivity contribution < 1.29 is 22.0 Å². The van der Waals surface area contributed by atoms with Gasteiger partial charge in [0.05, 0.1) is 11.4 Å². The topological polar surface area (TPSA) is 66.5 Å². The van der Waals surface area contributed by atoms with E-state index in [0.717, 1.165) is 22.0 Å². The van der Waals surface area contributed by atoms with E-state index in [9.17, 15) is 22.0 Å². The van der Waals surface area contributed by atoms with Crippen LogP contribution in [0.15, 0.2) is 82.2 Å². The smallest absolute Gasteiger partial charge is 0.243 e. The van der Waals surface area contributed by atoms with Gasteiger partial charge in [0.15, 0.2) is 0 Å². The molecule has 0 unspecified atom stereocenters. The normalized spacial score (nSPS) is 11.5. The predicted octanol–water partition coefficient (Wildman–Crippen LogP) is 4.60. The van der Waals surface area contributed by atoms with Gasteiger partial charge in [0.1, 0.15) is 17.3 Å². The van der Waals surface area contributed by atoms with Crippen LogP contribution in [0.25, 0.3) is 0 Å². The van der Waals surface area contributed by atoms with Crippen molar-refractivity contribution in [2.45, 2.75) is 11.3 Å². The quantitative estimate of drug-likeness (QED) is 0.483. The van der Waals surface area contributed by atoms with Crippen molar-refractivity contribution in [3.8, 4) is 0 Å². The first-order chi connectivity index (χ1) is 14.8. The molecule has 9 heteroatoms. The number of carbonyl (C=O) groups excluding carboxylic acids is 1. The molecule has 3 aromatic rings. The van der Waals surface area contributed by atoms with Crippen LogP contribution in [-0.4, -0.2) is 31.7 Å². The number of hydrogen-bond acceptors (Lipinski definition) is 3. The number of nitrogens with zero attached hydrogens (tertiary/aromatic N) is 1. The fraction of sp³-hybridized carbons (Fsp3) is 0.136. The van der Waals surface area contributed by atoms with Gasteiger partial charge in [0.2, 0.25) is 15.9 Å². The molecule has 0 aromatic heterocycles.